The highest BCUT2D eigenvalue weighted by atomic mass is 16.6. The lowest BCUT2D eigenvalue weighted by Crippen LogP contribution is -2.47. The van der Waals surface area contributed by atoms with E-state index in [1.165, 1.54) is 0 Å². The van der Waals surface area contributed by atoms with Crippen LogP contribution in [0.2, 0.25) is 0 Å². The molecule has 1 aromatic rings. The number of methoxy groups -OCH3 is 1. The topological polar surface area (TPSA) is 56.8 Å². The molecular formula is C13H17NO4. The molecule has 0 aromatic heterocycles. The van der Waals surface area contributed by atoms with Crippen LogP contribution in [-0.2, 0) is 9.53 Å². The number of para-hydroxylation sites is 2. The summed E-state index contributed by atoms with van der Waals surface area (Å²) in [6, 6.07) is 7.26. The summed E-state index contributed by atoms with van der Waals surface area (Å²) < 4.78 is 16.0. The van der Waals surface area contributed by atoms with Gasteiger partial charge < -0.3 is 19.5 Å². The molecule has 0 aliphatic carbocycles. The highest BCUT2D eigenvalue weighted by Gasteiger charge is 2.27. The lowest BCUT2D eigenvalue weighted by atomic mass is 10.2. The van der Waals surface area contributed by atoms with Gasteiger partial charge >= 0.3 is 0 Å². The van der Waals surface area contributed by atoms with Gasteiger partial charge in [-0.15, -0.1) is 0 Å². The van der Waals surface area contributed by atoms with Crippen molar-refractivity contribution < 1.29 is 19.0 Å². The second-order valence-corrected chi connectivity index (χ2v) is 4.23. The van der Waals surface area contributed by atoms with Gasteiger partial charge in [-0.25, -0.2) is 0 Å². The molecule has 0 radical (unpaired) electrons. The summed E-state index contributed by atoms with van der Waals surface area (Å²) in [5, 5.41) is 2.81. The predicted molar refractivity (Wildman–Crippen MR) is 65.8 cm³/mol. The van der Waals surface area contributed by atoms with Crippen LogP contribution in [0.25, 0.3) is 0 Å². The lowest BCUT2D eigenvalue weighted by Gasteiger charge is -2.26. The van der Waals surface area contributed by atoms with E-state index in [0.29, 0.717) is 18.1 Å². The van der Waals surface area contributed by atoms with Crippen LogP contribution in [0.3, 0.4) is 0 Å². The number of rotatable bonds is 4. The van der Waals surface area contributed by atoms with Gasteiger partial charge in [-0.3, -0.25) is 4.79 Å². The summed E-state index contributed by atoms with van der Waals surface area (Å²) >= 11 is 0. The third kappa shape index (κ3) is 2.92. The smallest absolute Gasteiger partial charge is 0.264 e. The number of amides is 1. The molecule has 0 saturated heterocycles. The van der Waals surface area contributed by atoms with Crippen molar-refractivity contribution in [2.75, 3.05) is 20.3 Å². The van der Waals surface area contributed by atoms with E-state index in [0.717, 1.165) is 0 Å². The van der Waals surface area contributed by atoms with Crippen LogP contribution in [0, 0.1) is 0 Å². The third-order valence-electron chi connectivity index (χ3n) is 2.61. The van der Waals surface area contributed by atoms with E-state index < -0.39 is 6.10 Å². The van der Waals surface area contributed by atoms with Crippen LogP contribution >= 0.6 is 0 Å². The molecule has 98 valence electrons. The fraction of sp³-hybridized carbons (Fsp3) is 0.462. The average Bonchev–Trinajstić information content (AvgIpc) is 2.38. The Morgan fingerprint density at radius 1 is 1.50 bits per heavy atom. The molecule has 1 amide bonds. The Hall–Kier alpha value is -1.75. The highest BCUT2D eigenvalue weighted by molar-refractivity contribution is 5.82. The molecule has 2 atom stereocenters. The van der Waals surface area contributed by atoms with Gasteiger partial charge in [0.05, 0.1) is 6.61 Å². The number of hydrogen-bond acceptors (Lipinski definition) is 4. The molecule has 0 fully saturated rings. The number of carbonyl (C=O) groups excluding carboxylic acids is 1. The Bertz CT molecular complexity index is 421. The first-order valence-electron chi connectivity index (χ1n) is 5.88. The van der Waals surface area contributed by atoms with E-state index >= 15 is 0 Å². The minimum Gasteiger partial charge on any atom is -0.485 e. The number of ether oxygens (including phenoxy) is 3. The van der Waals surface area contributed by atoms with Crippen LogP contribution in [0.1, 0.15) is 6.92 Å². The Kier molecular flexibility index (Phi) is 4.04. The molecule has 2 rings (SSSR count). The Morgan fingerprint density at radius 3 is 2.94 bits per heavy atom. The standard InChI is InChI=1S/C13H17NO4/c1-9(7-16-2)14-13(15)12-8-17-10-5-3-4-6-11(10)18-12/h3-6,9,12H,7-8H2,1-2H3,(H,14,15)/t9-,12-/m1/s1. The minimum absolute atomic E-state index is 0.0525. The fourth-order valence-electron chi connectivity index (χ4n) is 1.78. The predicted octanol–water partition coefficient (Wildman–Crippen LogP) is 0.977. The quantitative estimate of drug-likeness (QED) is 0.866. The van der Waals surface area contributed by atoms with Gasteiger partial charge in [-0.1, -0.05) is 12.1 Å². The molecule has 1 N–H and O–H groups in total. The molecule has 18 heavy (non-hydrogen) atoms. The zero-order valence-electron chi connectivity index (χ0n) is 10.5. The van der Waals surface area contributed by atoms with Gasteiger partial charge in [0.1, 0.15) is 6.61 Å². The normalized spacial score (nSPS) is 19.1. The summed E-state index contributed by atoms with van der Waals surface area (Å²) in [5.74, 6) is 1.09. The summed E-state index contributed by atoms with van der Waals surface area (Å²) in [5.41, 5.74) is 0. The maximum Gasteiger partial charge on any atom is 0.264 e. The molecule has 0 spiro atoms. The van der Waals surface area contributed by atoms with Crippen molar-refractivity contribution in [2.45, 2.75) is 19.1 Å². The fourth-order valence-corrected chi connectivity index (χ4v) is 1.78. The van der Waals surface area contributed by atoms with Crippen LogP contribution in [0.5, 0.6) is 11.5 Å². The van der Waals surface area contributed by atoms with E-state index in [1.54, 1.807) is 13.2 Å². The van der Waals surface area contributed by atoms with E-state index in [2.05, 4.69) is 5.32 Å². The van der Waals surface area contributed by atoms with Crippen molar-refractivity contribution >= 4 is 5.91 Å². The van der Waals surface area contributed by atoms with Crippen LogP contribution in [-0.4, -0.2) is 38.4 Å². The number of hydrogen-bond donors (Lipinski definition) is 1. The first-order chi connectivity index (χ1) is 8.70. The van der Waals surface area contributed by atoms with E-state index in [9.17, 15) is 4.79 Å². The molecule has 0 bridgehead atoms. The average molecular weight is 251 g/mol. The molecule has 1 aromatic carbocycles. The van der Waals surface area contributed by atoms with Gasteiger partial charge in [-0.05, 0) is 19.1 Å². The molecule has 1 aliphatic rings. The number of fused-ring (bicyclic) bond motifs is 1. The van der Waals surface area contributed by atoms with Crippen molar-refractivity contribution in [3.63, 3.8) is 0 Å². The second-order valence-electron chi connectivity index (χ2n) is 4.23. The first kappa shape index (κ1) is 12.7. The zero-order valence-corrected chi connectivity index (χ0v) is 10.5. The summed E-state index contributed by atoms with van der Waals surface area (Å²) in [6.07, 6.45) is -0.612. The highest BCUT2D eigenvalue weighted by Crippen LogP contribution is 2.30. The monoisotopic (exact) mass is 251 g/mol. The van der Waals surface area contributed by atoms with Crippen molar-refractivity contribution in [1.82, 2.24) is 5.32 Å². The maximum absolute atomic E-state index is 11.9. The van der Waals surface area contributed by atoms with Crippen molar-refractivity contribution in [3.8, 4) is 11.5 Å². The largest absolute Gasteiger partial charge is 0.485 e. The SMILES string of the molecule is COC[C@@H](C)NC(=O)[C@H]1COc2ccccc2O1. The number of nitrogens with one attached hydrogen (secondary N) is 1. The van der Waals surface area contributed by atoms with Gasteiger partial charge in [0, 0.05) is 13.2 Å². The van der Waals surface area contributed by atoms with Gasteiger partial charge in [-0.2, -0.15) is 0 Å². The van der Waals surface area contributed by atoms with Gasteiger partial charge in [0.2, 0.25) is 6.10 Å². The van der Waals surface area contributed by atoms with E-state index in [-0.39, 0.29) is 18.6 Å². The maximum atomic E-state index is 11.9. The molecule has 5 nitrogen and oxygen atoms in total. The molecule has 5 heteroatoms. The van der Waals surface area contributed by atoms with E-state index in [4.69, 9.17) is 14.2 Å². The second kappa shape index (κ2) is 5.73. The lowest BCUT2D eigenvalue weighted by molar-refractivity contribution is -0.131. The minimum atomic E-state index is -0.612. The molecule has 1 heterocycles. The Morgan fingerprint density at radius 2 is 2.22 bits per heavy atom. The van der Waals surface area contributed by atoms with Crippen molar-refractivity contribution in [2.24, 2.45) is 0 Å². The van der Waals surface area contributed by atoms with Crippen LogP contribution in [0.4, 0.5) is 0 Å². The Labute approximate surface area is 106 Å². The molecule has 0 saturated carbocycles. The van der Waals surface area contributed by atoms with E-state index in [1.807, 2.05) is 25.1 Å². The Balaban J connectivity index is 1.94. The molecule has 1 aliphatic heterocycles. The van der Waals surface area contributed by atoms with Gasteiger partial charge in [0.15, 0.2) is 11.5 Å². The first-order valence-corrected chi connectivity index (χ1v) is 5.88. The summed E-state index contributed by atoms with van der Waals surface area (Å²) in [6.45, 7) is 2.57. The summed E-state index contributed by atoms with van der Waals surface area (Å²) in [7, 11) is 1.60. The van der Waals surface area contributed by atoms with Crippen molar-refractivity contribution in [1.29, 1.82) is 0 Å². The number of benzene rings is 1. The van der Waals surface area contributed by atoms with Crippen molar-refractivity contribution in [3.05, 3.63) is 24.3 Å². The molecule has 0 unspecified atom stereocenters. The third-order valence-corrected chi connectivity index (χ3v) is 2.61. The number of carbonyl (C=O) groups is 1. The molecular weight excluding hydrogens is 234 g/mol. The van der Waals surface area contributed by atoms with Crippen LogP contribution < -0.4 is 14.8 Å². The zero-order chi connectivity index (χ0) is 13.0. The van der Waals surface area contributed by atoms with Crippen LogP contribution in [0.15, 0.2) is 24.3 Å². The summed E-state index contributed by atoms with van der Waals surface area (Å²) in [4.78, 5) is 11.9. The van der Waals surface area contributed by atoms with Gasteiger partial charge in [0.25, 0.3) is 5.91 Å².